The summed E-state index contributed by atoms with van der Waals surface area (Å²) < 4.78 is 5.31. The largest absolute Gasteiger partial charge is 0.361 e. The summed E-state index contributed by atoms with van der Waals surface area (Å²) in [5.41, 5.74) is 4.77. The third-order valence-corrected chi connectivity index (χ3v) is 5.80. The lowest BCUT2D eigenvalue weighted by atomic mass is 10.00. The van der Waals surface area contributed by atoms with E-state index in [9.17, 15) is 0 Å². The second-order valence-electron chi connectivity index (χ2n) is 8.37. The second kappa shape index (κ2) is 13.1. The third-order valence-electron chi connectivity index (χ3n) is 5.80. The first kappa shape index (κ1) is 25.6. The van der Waals surface area contributed by atoms with Gasteiger partial charge in [0, 0.05) is 31.1 Å². The van der Waals surface area contributed by atoms with E-state index in [1.54, 1.807) is 0 Å². The third kappa shape index (κ3) is 7.79. The fraction of sp³-hybridized carbons (Fsp3) is 0.583. The molecule has 1 atom stereocenters. The van der Waals surface area contributed by atoms with Crippen LogP contribution in [-0.2, 0) is 13.1 Å². The maximum absolute atomic E-state index is 5.31. The molecule has 7 heteroatoms. The van der Waals surface area contributed by atoms with Gasteiger partial charge in [0.2, 0.25) is 0 Å². The van der Waals surface area contributed by atoms with Crippen molar-refractivity contribution in [2.24, 2.45) is 4.99 Å². The van der Waals surface area contributed by atoms with E-state index >= 15 is 0 Å². The van der Waals surface area contributed by atoms with Crippen molar-refractivity contribution in [3.63, 3.8) is 0 Å². The lowest BCUT2D eigenvalue weighted by Gasteiger charge is -2.26. The van der Waals surface area contributed by atoms with Gasteiger partial charge in [0.15, 0.2) is 5.96 Å². The maximum atomic E-state index is 5.31. The first-order valence-electron chi connectivity index (χ1n) is 11.3. The first-order chi connectivity index (χ1) is 14.6. The van der Waals surface area contributed by atoms with Crippen LogP contribution in [0.25, 0.3) is 0 Å². The molecule has 1 aliphatic rings. The van der Waals surface area contributed by atoms with Crippen molar-refractivity contribution >= 4 is 29.9 Å². The molecule has 1 aliphatic heterocycles. The lowest BCUT2D eigenvalue weighted by Crippen LogP contribution is -2.39. The topological polar surface area (TPSA) is 65.7 Å². The van der Waals surface area contributed by atoms with Crippen molar-refractivity contribution in [1.29, 1.82) is 0 Å². The van der Waals surface area contributed by atoms with Gasteiger partial charge in [0.05, 0.1) is 12.2 Å². The molecular weight excluding hydrogens is 501 g/mol. The van der Waals surface area contributed by atoms with E-state index in [2.05, 4.69) is 58.8 Å². The number of guanidine groups is 1. The van der Waals surface area contributed by atoms with Crippen molar-refractivity contribution in [1.82, 2.24) is 20.7 Å². The number of nitrogens with one attached hydrogen (secondary N) is 2. The molecule has 2 N–H and O–H groups in total. The summed E-state index contributed by atoms with van der Waals surface area (Å²) in [6.07, 6.45) is 4.05. The van der Waals surface area contributed by atoms with Gasteiger partial charge in [-0.25, -0.2) is 4.99 Å². The number of aliphatic imine (C=N–C) groups is 1. The van der Waals surface area contributed by atoms with Crippen LogP contribution in [-0.4, -0.2) is 42.2 Å². The van der Waals surface area contributed by atoms with Crippen LogP contribution in [0.3, 0.4) is 0 Å². The fourth-order valence-corrected chi connectivity index (χ4v) is 4.18. The Bertz CT molecular complexity index is 792. The predicted octanol–water partition coefficient (Wildman–Crippen LogP) is 4.75. The molecule has 2 heterocycles. The monoisotopic (exact) mass is 539 g/mol. The first-order valence-corrected chi connectivity index (χ1v) is 11.3. The maximum Gasteiger partial charge on any atom is 0.191 e. The van der Waals surface area contributed by atoms with E-state index in [4.69, 9.17) is 9.52 Å². The predicted molar refractivity (Wildman–Crippen MR) is 138 cm³/mol. The van der Waals surface area contributed by atoms with Crippen LogP contribution in [0, 0.1) is 13.8 Å². The zero-order valence-corrected chi connectivity index (χ0v) is 21.7. The summed E-state index contributed by atoms with van der Waals surface area (Å²) >= 11 is 0. The van der Waals surface area contributed by atoms with Crippen LogP contribution in [0.1, 0.15) is 67.2 Å². The molecular formula is C24H38IN5O. The normalized spacial score (nSPS) is 15.9. The lowest BCUT2D eigenvalue weighted by molar-refractivity contribution is 0.221. The van der Waals surface area contributed by atoms with Gasteiger partial charge in [-0.1, -0.05) is 42.8 Å². The Kier molecular flexibility index (Phi) is 10.8. The quantitative estimate of drug-likeness (QED) is 0.288. The highest BCUT2D eigenvalue weighted by Gasteiger charge is 2.16. The average molecular weight is 540 g/mol. The minimum absolute atomic E-state index is 0. The molecule has 1 aromatic carbocycles. The van der Waals surface area contributed by atoms with Crippen LogP contribution in [0.2, 0.25) is 0 Å². The number of aromatic nitrogens is 1. The highest BCUT2D eigenvalue weighted by Crippen LogP contribution is 2.22. The van der Waals surface area contributed by atoms with Gasteiger partial charge in [-0.3, -0.25) is 4.90 Å². The summed E-state index contributed by atoms with van der Waals surface area (Å²) in [5.74, 6) is 2.04. The molecule has 172 valence electrons. The Morgan fingerprint density at radius 1 is 1.10 bits per heavy atom. The second-order valence-corrected chi connectivity index (χ2v) is 8.37. The van der Waals surface area contributed by atoms with Crippen LogP contribution in [0.4, 0.5) is 0 Å². The summed E-state index contributed by atoms with van der Waals surface area (Å²) in [4.78, 5) is 7.33. The van der Waals surface area contributed by atoms with Crippen molar-refractivity contribution in [3.05, 3.63) is 52.4 Å². The fourth-order valence-electron chi connectivity index (χ4n) is 4.18. The number of benzene rings is 1. The van der Waals surface area contributed by atoms with Crippen molar-refractivity contribution in [3.8, 4) is 0 Å². The zero-order chi connectivity index (χ0) is 21.3. The zero-order valence-electron chi connectivity index (χ0n) is 19.4. The van der Waals surface area contributed by atoms with Crippen molar-refractivity contribution in [2.45, 2.75) is 66.0 Å². The molecule has 0 saturated carbocycles. The van der Waals surface area contributed by atoms with Gasteiger partial charge in [-0.15, -0.1) is 24.0 Å². The van der Waals surface area contributed by atoms with Gasteiger partial charge in [0.25, 0.3) is 0 Å². The molecule has 6 nitrogen and oxygen atoms in total. The van der Waals surface area contributed by atoms with E-state index in [1.807, 2.05) is 13.8 Å². The van der Waals surface area contributed by atoms with Crippen molar-refractivity contribution in [2.75, 3.05) is 26.2 Å². The molecule has 0 aliphatic carbocycles. The van der Waals surface area contributed by atoms with Crippen LogP contribution < -0.4 is 10.6 Å². The van der Waals surface area contributed by atoms with Crippen LogP contribution in [0.5, 0.6) is 0 Å². The van der Waals surface area contributed by atoms with Gasteiger partial charge in [-0.05, 0) is 57.8 Å². The minimum atomic E-state index is 0. The van der Waals surface area contributed by atoms with Gasteiger partial charge in [-0.2, -0.15) is 0 Å². The molecule has 1 unspecified atom stereocenters. The highest BCUT2D eigenvalue weighted by atomic mass is 127. The van der Waals surface area contributed by atoms with Crippen LogP contribution in [0.15, 0.2) is 33.8 Å². The SMILES string of the molecule is CCNC(=NCc1ccc(CN2CCCCC2)cc1)NCC(C)c1c(C)noc1C.I. The molecule has 0 bridgehead atoms. The number of halogens is 1. The minimum Gasteiger partial charge on any atom is -0.361 e. The van der Waals surface area contributed by atoms with E-state index in [-0.39, 0.29) is 24.0 Å². The van der Waals surface area contributed by atoms with Gasteiger partial charge < -0.3 is 15.2 Å². The van der Waals surface area contributed by atoms with E-state index in [1.165, 1.54) is 49.0 Å². The molecule has 0 spiro atoms. The standard InChI is InChI=1S/C24H37N5O.HI/c1-5-25-24(26-15-18(2)23-19(3)28-30-20(23)4)27-16-21-9-11-22(12-10-21)17-29-13-7-6-8-14-29;/h9-12,18H,5-8,13-17H2,1-4H3,(H2,25,26,27);1H. The number of likely N-dealkylation sites (tertiary alicyclic amines) is 1. The Morgan fingerprint density at radius 3 is 2.39 bits per heavy atom. The summed E-state index contributed by atoms with van der Waals surface area (Å²) in [6, 6.07) is 8.91. The van der Waals surface area contributed by atoms with Gasteiger partial charge in [0.1, 0.15) is 5.76 Å². The van der Waals surface area contributed by atoms with E-state index in [0.717, 1.165) is 37.0 Å². The molecule has 1 aromatic heterocycles. The molecule has 31 heavy (non-hydrogen) atoms. The molecule has 3 rings (SSSR count). The van der Waals surface area contributed by atoms with Crippen LogP contribution >= 0.6 is 24.0 Å². The smallest absolute Gasteiger partial charge is 0.191 e. The number of aryl methyl sites for hydroxylation is 2. The summed E-state index contributed by atoms with van der Waals surface area (Å²) in [6.45, 7) is 14.0. The Morgan fingerprint density at radius 2 is 1.77 bits per heavy atom. The molecule has 1 fully saturated rings. The highest BCUT2D eigenvalue weighted by molar-refractivity contribution is 14.0. The van der Waals surface area contributed by atoms with Gasteiger partial charge >= 0.3 is 0 Å². The average Bonchev–Trinajstić information content (AvgIpc) is 3.10. The molecule has 0 amide bonds. The Hall–Kier alpha value is -1.61. The number of nitrogens with zero attached hydrogens (tertiary/aromatic N) is 3. The molecule has 0 radical (unpaired) electrons. The molecule has 1 saturated heterocycles. The Labute approximate surface area is 204 Å². The number of piperidine rings is 1. The molecule has 2 aromatic rings. The van der Waals surface area contributed by atoms with Crippen molar-refractivity contribution < 1.29 is 4.52 Å². The number of hydrogen-bond donors (Lipinski definition) is 2. The summed E-state index contributed by atoms with van der Waals surface area (Å²) in [7, 11) is 0. The van der Waals surface area contributed by atoms with E-state index in [0.29, 0.717) is 12.5 Å². The van der Waals surface area contributed by atoms with E-state index < -0.39 is 0 Å². The summed E-state index contributed by atoms with van der Waals surface area (Å²) in [5, 5.41) is 10.9. The number of rotatable bonds is 8. The Balaban J connectivity index is 0.00000341. The number of hydrogen-bond acceptors (Lipinski definition) is 4.